The number of hydrogen-bond acceptors (Lipinski definition) is 5. The molecule has 0 aliphatic rings. The molecule has 0 N–H and O–H groups in total. The lowest BCUT2D eigenvalue weighted by molar-refractivity contribution is 0.112. The summed E-state index contributed by atoms with van der Waals surface area (Å²) in [6.45, 7) is 0. The number of fused-ring (bicyclic) bond motifs is 1. The number of rotatable bonds is 4. The van der Waals surface area contributed by atoms with E-state index < -0.39 is 9.84 Å². The summed E-state index contributed by atoms with van der Waals surface area (Å²) in [5, 5.41) is 1.22. The van der Waals surface area contributed by atoms with Crippen LogP contribution in [-0.4, -0.2) is 35.2 Å². The topological polar surface area (TPSA) is 69.7 Å². The first kappa shape index (κ1) is 14.3. The van der Waals surface area contributed by atoms with Gasteiger partial charge in [-0.15, -0.1) is 0 Å². The lowest BCUT2D eigenvalue weighted by Gasteiger charge is -2.12. The lowest BCUT2D eigenvalue weighted by atomic mass is 10.0. The average Bonchev–Trinajstić information content (AvgIpc) is 2.43. The molecular formula is C14H14O5S. The van der Waals surface area contributed by atoms with Gasteiger partial charge in [0.25, 0.3) is 0 Å². The van der Waals surface area contributed by atoms with Gasteiger partial charge in [0, 0.05) is 6.26 Å². The van der Waals surface area contributed by atoms with Crippen molar-refractivity contribution in [2.75, 3.05) is 20.5 Å². The number of benzene rings is 2. The molecule has 0 heterocycles. The van der Waals surface area contributed by atoms with E-state index in [1.54, 1.807) is 12.1 Å². The molecule has 0 bridgehead atoms. The highest BCUT2D eigenvalue weighted by Gasteiger charge is 2.17. The molecule has 0 saturated carbocycles. The van der Waals surface area contributed by atoms with Gasteiger partial charge in [-0.05, 0) is 29.0 Å². The van der Waals surface area contributed by atoms with Gasteiger partial charge in [0.2, 0.25) is 0 Å². The van der Waals surface area contributed by atoms with E-state index in [0.29, 0.717) is 28.4 Å². The second-order valence-corrected chi connectivity index (χ2v) is 6.28. The second kappa shape index (κ2) is 5.13. The Morgan fingerprint density at radius 2 is 1.70 bits per heavy atom. The molecule has 106 valence electrons. The van der Waals surface area contributed by atoms with E-state index in [1.807, 2.05) is 0 Å². The summed E-state index contributed by atoms with van der Waals surface area (Å²) >= 11 is 0. The van der Waals surface area contributed by atoms with E-state index in [9.17, 15) is 13.2 Å². The Labute approximate surface area is 117 Å². The Morgan fingerprint density at radius 1 is 1.05 bits per heavy atom. The van der Waals surface area contributed by atoms with Crippen LogP contribution in [0.15, 0.2) is 29.2 Å². The quantitative estimate of drug-likeness (QED) is 0.807. The summed E-state index contributed by atoms with van der Waals surface area (Å²) in [6, 6.07) is 6.37. The molecule has 5 nitrogen and oxygen atoms in total. The predicted octanol–water partition coefficient (Wildman–Crippen LogP) is 2.07. The van der Waals surface area contributed by atoms with Crippen LogP contribution in [-0.2, 0) is 9.84 Å². The van der Waals surface area contributed by atoms with Crippen molar-refractivity contribution in [3.63, 3.8) is 0 Å². The molecule has 0 radical (unpaired) electrons. The maximum absolute atomic E-state index is 11.8. The van der Waals surface area contributed by atoms with Crippen LogP contribution in [0.5, 0.6) is 11.5 Å². The molecular weight excluding hydrogens is 280 g/mol. The monoisotopic (exact) mass is 294 g/mol. The van der Waals surface area contributed by atoms with Crippen molar-refractivity contribution in [2.45, 2.75) is 4.90 Å². The minimum Gasteiger partial charge on any atom is -0.496 e. The van der Waals surface area contributed by atoms with E-state index in [2.05, 4.69) is 0 Å². The molecule has 0 aliphatic carbocycles. The zero-order valence-electron chi connectivity index (χ0n) is 11.3. The van der Waals surface area contributed by atoms with Gasteiger partial charge in [0.05, 0.1) is 19.8 Å². The molecule has 0 amide bonds. The summed E-state index contributed by atoms with van der Waals surface area (Å²) in [6.07, 6.45) is 1.79. The van der Waals surface area contributed by atoms with E-state index in [-0.39, 0.29) is 10.6 Å². The van der Waals surface area contributed by atoms with Gasteiger partial charge in [0.15, 0.2) is 16.1 Å². The van der Waals surface area contributed by atoms with E-state index in [1.165, 1.54) is 26.4 Å². The zero-order chi connectivity index (χ0) is 14.9. The fourth-order valence-corrected chi connectivity index (χ4v) is 2.93. The molecule has 2 rings (SSSR count). The van der Waals surface area contributed by atoms with E-state index >= 15 is 0 Å². The lowest BCUT2D eigenvalue weighted by Crippen LogP contribution is -2.01. The highest BCUT2D eigenvalue weighted by Crippen LogP contribution is 2.34. The van der Waals surface area contributed by atoms with Crippen molar-refractivity contribution < 1.29 is 22.7 Å². The summed E-state index contributed by atoms with van der Waals surface area (Å²) in [7, 11) is -0.563. The largest absolute Gasteiger partial charge is 0.496 e. The van der Waals surface area contributed by atoms with Crippen molar-refractivity contribution in [1.29, 1.82) is 0 Å². The smallest absolute Gasteiger partial charge is 0.179 e. The fraction of sp³-hybridized carbons (Fsp3) is 0.214. The summed E-state index contributed by atoms with van der Waals surface area (Å²) in [5.41, 5.74) is 0.364. The fourth-order valence-electron chi connectivity index (χ4n) is 2.08. The Hall–Kier alpha value is -2.08. The van der Waals surface area contributed by atoms with Crippen molar-refractivity contribution >= 4 is 26.9 Å². The van der Waals surface area contributed by atoms with Gasteiger partial charge in [-0.3, -0.25) is 4.79 Å². The maximum atomic E-state index is 11.8. The molecule has 0 fully saturated rings. The molecule has 2 aromatic carbocycles. The Kier molecular flexibility index (Phi) is 3.67. The summed E-state index contributed by atoms with van der Waals surface area (Å²) < 4.78 is 33.8. The number of carbonyl (C=O) groups is 1. The minimum atomic E-state index is -3.42. The summed E-state index contributed by atoms with van der Waals surface area (Å²) in [5.74, 6) is 0.637. The molecule has 6 heteroatoms. The first-order chi connectivity index (χ1) is 9.42. The Balaban J connectivity index is 2.90. The normalized spacial score (nSPS) is 11.3. The van der Waals surface area contributed by atoms with Gasteiger partial charge in [-0.1, -0.05) is 6.07 Å². The molecule has 2 aromatic rings. The van der Waals surface area contributed by atoms with Crippen molar-refractivity contribution in [3.05, 3.63) is 29.8 Å². The van der Waals surface area contributed by atoms with Crippen LogP contribution in [0.3, 0.4) is 0 Å². The van der Waals surface area contributed by atoms with Gasteiger partial charge in [0.1, 0.15) is 16.4 Å². The standard InChI is InChI=1S/C14H14O5S/c1-18-12-5-4-9-6-14(20(3,16)17)13(19-2)7-10(9)11(12)8-15/h4-8H,1-3H3. The molecule has 0 unspecified atom stereocenters. The van der Waals surface area contributed by atoms with Gasteiger partial charge < -0.3 is 9.47 Å². The maximum Gasteiger partial charge on any atom is 0.179 e. The number of sulfone groups is 1. The highest BCUT2D eigenvalue weighted by molar-refractivity contribution is 7.90. The number of methoxy groups -OCH3 is 2. The average molecular weight is 294 g/mol. The first-order valence-corrected chi connectivity index (χ1v) is 7.65. The van der Waals surface area contributed by atoms with Crippen LogP contribution in [0, 0.1) is 0 Å². The Bertz CT molecular complexity index is 778. The third kappa shape index (κ3) is 2.34. The minimum absolute atomic E-state index is 0.0921. The molecule has 0 aromatic heterocycles. The number of ether oxygens (including phenoxy) is 2. The highest BCUT2D eigenvalue weighted by atomic mass is 32.2. The van der Waals surface area contributed by atoms with Gasteiger partial charge >= 0.3 is 0 Å². The summed E-state index contributed by atoms with van der Waals surface area (Å²) in [4.78, 5) is 11.3. The van der Waals surface area contributed by atoms with Crippen LogP contribution in [0.1, 0.15) is 10.4 Å². The zero-order valence-corrected chi connectivity index (χ0v) is 12.2. The molecule has 0 aliphatic heterocycles. The van der Waals surface area contributed by atoms with Crippen molar-refractivity contribution in [2.24, 2.45) is 0 Å². The third-order valence-electron chi connectivity index (χ3n) is 3.04. The SMILES string of the molecule is COc1cc2c(C=O)c(OC)ccc2cc1S(C)(=O)=O. The number of carbonyl (C=O) groups excluding carboxylic acids is 1. The van der Waals surface area contributed by atoms with Crippen LogP contribution in [0.25, 0.3) is 10.8 Å². The van der Waals surface area contributed by atoms with Crippen LogP contribution in [0.2, 0.25) is 0 Å². The van der Waals surface area contributed by atoms with E-state index in [4.69, 9.17) is 9.47 Å². The van der Waals surface area contributed by atoms with Crippen LogP contribution < -0.4 is 9.47 Å². The van der Waals surface area contributed by atoms with Gasteiger partial charge in [-0.25, -0.2) is 8.42 Å². The van der Waals surface area contributed by atoms with Crippen molar-refractivity contribution in [1.82, 2.24) is 0 Å². The third-order valence-corrected chi connectivity index (χ3v) is 4.16. The molecule has 0 spiro atoms. The Morgan fingerprint density at radius 3 is 2.20 bits per heavy atom. The van der Waals surface area contributed by atoms with Crippen LogP contribution in [0.4, 0.5) is 0 Å². The van der Waals surface area contributed by atoms with Crippen LogP contribution >= 0.6 is 0 Å². The van der Waals surface area contributed by atoms with E-state index in [0.717, 1.165) is 6.26 Å². The number of hydrogen-bond donors (Lipinski definition) is 0. The predicted molar refractivity (Wildman–Crippen MR) is 75.5 cm³/mol. The number of aldehydes is 1. The molecule has 0 atom stereocenters. The molecule has 0 saturated heterocycles. The van der Waals surface area contributed by atoms with Gasteiger partial charge in [-0.2, -0.15) is 0 Å². The molecule has 20 heavy (non-hydrogen) atoms. The second-order valence-electron chi connectivity index (χ2n) is 4.30. The van der Waals surface area contributed by atoms with Crippen molar-refractivity contribution in [3.8, 4) is 11.5 Å². The first-order valence-electron chi connectivity index (χ1n) is 5.76.